The lowest BCUT2D eigenvalue weighted by Crippen LogP contribution is -2.37. The molecule has 1 aliphatic heterocycles. The Morgan fingerprint density at radius 1 is 0.455 bits per heavy atom. The van der Waals surface area contributed by atoms with E-state index in [9.17, 15) is 0 Å². The average Bonchev–Trinajstić information content (AvgIpc) is 3.59. The van der Waals surface area contributed by atoms with Crippen LogP contribution in [0.3, 0.4) is 0 Å². The van der Waals surface area contributed by atoms with Crippen molar-refractivity contribution < 1.29 is 0 Å². The van der Waals surface area contributed by atoms with Gasteiger partial charge in [0.15, 0.2) is 5.69 Å². The summed E-state index contributed by atoms with van der Waals surface area (Å²) >= 11 is 0. The van der Waals surface area contributed by atoms with E-state index in [4.69, 9.17) is 13.1 Å². The Hall–Kier alpha value is -7.66. The highest BCUT2D eigenvalue weighted by molar-refractivity contribution is 6.11. The molecule has 1 aromatic heterocycles. The highest BCUT2D eigenvalue weighted by Crippen LogP contribution is 2.57. The molecule has 0 aliphatic carbocycles. The van der Waals surface area contributed by atoms with Crippen LogP contribution in [0.2, 0.25) is 0 Å². The fraction of sp³-hybridized carbons (Fsp3) is 0.0196. The molecule has 0 atom stereocenters. The molecule has 0 amide bonds. The summed E-state index contributed by atoms with van der Waals surface area (Å²) in [6, 6.07) is 68.1. The Morgan fingerprint density at radius 2 is 1.05 bits per heavy atom. The summed E-state index contributed by atoms with van der Waals surface area (Å²) in [5, 5.41) is 2.04. The number of aromatic nitrogens is 1. The van der Waals surface area contributed by atoms with Gasteiger partial charge in [0.25, 0.3) is 0 Å². The van der Waals surface area contributed by atoms with Gasteiger partial charge in [-0.3, -0.25) is 0 Å². The fourth-order valence-corrected chi connectivity index (χ4v) is 8.86. The Bertz CT molecular complexity index is 2930. The molecule has 2 heterocycles. The molecular formula is C51H32N4. The molecule has 0 N–H and O–H groups in total. The maximum Gasteiger partial charge on any atom is 0.211 e. The van der Waals surface area contributed by atoms with Crippen molar-refractivity contribution in [1.82, 2.24) is 4.57 Å². The van der Waals surface area contributed by atoms with E-state index >= 15 is 0 Å². The number of hydrogen-bond acceptors (Lipinski definition) is 1. The first-order valence-corrected chi connectivity index (χ1v) is 18.3. The van der Waals surface area contributed by atoms with Crippen molar-refractivity contribution in [3.05, 3.63) is 239 Å². The summed E-state index contributed by atoms with van der Waals surface area (Å²) in [4.78, 5) is 10.2. The van der Waals surface area contributed by atoms with Crippen LogP contribution >= 0.6 is 0 Å². The molecular weight excluding hydrogens is 669 g/mol. The maximum atomic E-state index is 8.33. The largest absolute Gasteiger partial charge is 0.318 e. The lowest BCUT2D eigenvalue weighted by Gasteiger charge is -2.46. The lowest BCUT2D eigenvalue weighted by atomic mass is 9.62. The average molecular weight is 701 g/mol. The molecule has 4 heteroatoms. The van der Waals surface area contributed by atoms with Crippen LogP contribution in [0.15, 0.2) is 194 Å². The van der Waals surface area contributed by atoms with Gasteiger partial charge in [-0.2, -0.15) is 0 Å². The molecule has 0 spiro atoms. The minimum absolute atomic E-state index is 0.551. The quantitative estimate of drug-likeness (QED) is 0.163. The van der Waals surface area contributed by atoms with Gasteiger partial charge in [-0.1, -0.05) is 152 Å². The van der Waals surface area contributed by atoms with Crippen LogP contribution in [0, 0.1) is 13.1 Å². The van der Waals surface area contributed by atoms with E-state index < -0.39 is 5.41 Å². The third kappa shape index (κ3) is 4.76. The van der Waals surface area contributed by atoms with E-state index in [1.165, 1.54) is 22.3 Å². The van der Waals surface area contributed by atoms with Crippen LogP contribution in [-0.4, -0.2) is 4.57 Å². The van der Waals surface area contributed by atoms with Gasteiger partial charge in [-0.25, -0.2) is 9.69 Å². The molecule has 0 unspecified atom stereocenters. The van der Waals surface area contributed by atoms with Crippen LogP contribution in [0.25, 0.3) is 48.3 Å². The van der Waals surface area contributed by atoms with E-state index in [0.717, 1.165) is 55.7 Å². The molecule has 55 heavy (non-hydrogen) atoms. The number of benzene rings is 8. The number of rotatable bonds is 5. The van der Waals surface area contributed by atoms with Crippen molar-refractivity contribution >= 4 is 50.2 Å². The molecule has 9 aromatic rings. The summed E-state index contributed by atoms with van der Waals surface area (Å²) in [6.45, 7) is 16.0. The highest BCUT2D eigenvalue weighted by atomic mass is 15.2. The molecule has 0 bridgehead atoms. The summed E-state index contributed by atoms with van der Waals surface area (Å²) in [5.41, 5.74) is 13.4. The second kappa shape index (κ2) is 12.8. The van der Waals surface area contributed by atoms with Crippen molar-refractivity contribution in [3.8, 4) is 16.8 Å². The molecule has 0 saturated heterocycles. The normalized spacial score (nSPS) is 12.8. The second-order valence-electron chi connectivity index (χ2n) is 13.9. The molecule has 8 aromatic carbocycles. The number of hydrogen-bond donors (Lipinski definition) is 0. The molecule has 0 radical (unpaired) electrons. The zero-order chi connectivity index (χ0) is 36.9. The zero-order valence-corrected chi connectivity index (χ0v) is 29.8. The molecule has 10 rings (SSSR count). The van der Waals surface area contributed by atoms with E-state index in [1.54, 1.807) is 0 Å². The molecule has 1 aliphatic rings. The summed E-state index contributed by atoms with van der Waals surface area (Å²) in [6.07, 6.45) is 0. The molecule has 0 fully saturated rings. The van der Waals surface area contributed by atoms with Crippen LogP contribution in [-0.2, 0) is 5.41 Å². The Morgan fingerprint density at radius 3 is 1.73 bits per heavy atom. The van der Waals surface area contributed by atoms with E-state index in [-0.39, 0.29) is 0 Å². The summed E-state index contributed by atoms with van der Waals surface area (Å²) in [5.74, 6) is 0. The standard InChI is InChI=1S/C51H32N4/c1-52-38-31-32-47-42(34-38)41-23-9-12-28-46(41)55(47)50-40(24-16-27-45(50)53-2)35-17-15-22-39(33-35)54-48-29-13-10-25-43(48)51(36-18-5-3-6-19-36,37-20-7-4-8-21-37)44-26-11-14-30-49(44)54/h3-34H. The van der Waals surface area contributed by atoms with Crippen molar-refractivity contribution in [3.63, 3.8) is 0 Å². The Balaban J connectivity index is 1.22. The van der Waals surface area contributed by atoms with Gasteiger partial charge < -0.3 is 9.47 Å². The van der Waals surface area contributed by atoms with Gasteiger partial charge in [0.05, 0.1) is 46.7 Å². The first-order valence-electron chi connectivity index (χ1n) is 18.3. The van der Waals surface area contributed by atoms with Gasteiger partial charge in [-0.15, -0.1) is 0 Å². The van der Waals surface area contributed by atoms with Crippen LogP contribution in [0.5, 0.6) is 0 Å². The monoisotopic (exact) mass is 700 g/mol. The lowest BCUT2D eigenvalue weighted by molar-refractivity contribution is 0.731. The van der Waals surface area contributed by atoms with Gasteiger partial charge in [0.1, 0.15) is 0 Å². The first kappa shape index (κ1) is 32.0. The third-order valence-corrected chi connectivity index (χ3v) is 11.1. The zero-order valence-electron chi connectivity index (χ0n) is 29.8. The minimum atomic E-state index is -0.551. The van der Waals surface area contributed by atoms with E-state index in [0.29, 0.717) is 11.4 Å². The SMILES string of the molecule is [C-]#[N+]c1ccc2c(c1)c1ccccc1n2-c1c([N+]#[C-])cccc1-c1cccc(N2c3ccccc3C(c3ccccc3)(c3ccccc3)c3ccccc32)c1. The Labute approximate surface area is 320 Å². The van der Waals surface area contributed by atoms with Gasteiger partial charge >= 0.3 is 0 Å². The summed E-state index contributed by atoms with van der Waals surface area (Å²) in [7, 11) is 0. The predicted octanol–water partition coefficient (Wildman–Crippen LogP) is 13.7. The molecule has 0 saturated carbocycles. The Kier molecular flexibility index (Phi) is 7.44. The second-order valence-corrected chi connectivity index (χ2v) is 13.9. The van der Waals surface area contributed by atoms with E-state index in [1.807, 2.05) is 42.5 Å². The fourth-order valence-electron chi connectivity index (χ4n) is 8.86. The van der Waals surface area contributed by atoms with Gasteiger partial charge in [0, 0.05) is 11.1 Å². The number of para-hydroxylation sites is 4. The number of nitrogens with zero attached hydrogens (tertiary/aromatic N) is 4. The first-order chi connectivity index (χ1) is 27.2. The van der Waals surface area contributed by atoms with Crippen LogP contribution < -0.4 is 4.90 Å². The van der Waals surface area contributed by atoms with Gasteiger partial charge in [-0.05, 0) is 81.2 Å². The predicted molar refractivity (Wildman–Crippen MR) is 225 cm³/mol. The van der Waals surface area contributed by atoms with Crippen molar-refractivity contribution in [2.24, 2.45) is 0 Å². The maximum absolute atomic E-state index is 8.33. The van der Waals surface area contributed by atoms with Crippen LogP contribution in [0.4, 0.5) is 28.4 Å². The van der Waals surface area contributed by atoms with Gasteiger partial charge in [0.2, 0.25) is 5.69 Å². The van der Waals surface area contributed by atoms with Crippen molar-refractivity contribution in [2.75, 3.05) is 4.90 Å². The minimum Gasteiger partial charge on any atom is -0.318 e. The third-order valence-electron chi connectivity index (χ3n) is 11.1. The molecule has 4 nitrogen and oxygen atoms in total. The van der Waals surface area contributed by atoms with E-state index in [2.05, 4.69) is 171 Å². The number of fused-ring (bicyclic) bond motifs is 5. The smallest absolute Gasteiger partial charge is 0.211 e. The highest BCUT2D eigenvalue weighted by Gasteiger charge is 2.46. The molecule has 256 valence electrons. The van der Waals surface area contributed by atoms with Crippen LogP contribution in [0.1, 0.15) is 22.3 Å². The topological polar surface area (TPSA) is 16.9 Å². The summed E-state index contributed by atoms with van der Waals surface area (Å²) < 4.78 is 2.20. The number of anilines is 3. The van der Waals surface area contributed by atoms with Crippen molar-refractivity contribution in [1.29, 1.82) is 0 Å². The van der Waals surface area contributed by atoms with Crippen molar-refractivity contribution in [2.45, 2.75) is 5.41 Å².